The summed E-state index contributed by atoms with van der Waals surface area (Å²) in [5.74, 6) is 0.427. The zero-order valence-corrected chi connectivity index (χ0v) is 12.4. The first-order valence-corrected chi connectivity index (χ1v) is 7.29. The van der Waals surface area contributed by atoms with E-state index in [0.29, 0.717) is 12.3 Å². The molecule has 3 heteroatoms. The second kappa shape index (κ2) is 6.55. The maximum atomic E-state index is 11.9. The zero-order valence-electron chi connectivity index (χ0n) is 12.4. The highest BCUT2D eigenvalue weighted by atomic mass is 16.5. The summed E-state index contributed by atoms with van der Waals surface area (Å²) >= 11 is 0. The Bertz CT molecular complexity index is 270. The fourth-order valence-corrected chi connectivity index (χ4v) is 2.50. The molecule has 0 aromatic carbocycles. The Morgan fingerprint density at radius 1 is 1.33 bits per heavy atom. The molecular weight excluding hydrogens is 226 g/mol. The van der Waals surface area contributed by atoms with Crippen LogP contribution in [0.25, 0.3) is 0 Å². The van der Waals surface area contributed by atoms with E-state index in [-0.39, 0.29) is 23.5 Å². The van der Waals surface area contributed by atoms with Gasteiger partial charge < -0.3 is 10.5 Å². The molecule has 1 aliphatic carbocycles. The quantitative estimate of drug-likeness (QED) is 0.784. The van der Waals surface area contributed by atoms with Crippen LogP contribution in [0.15, 0.2) is 0 Å². The summed E-state index contributed by atoms with van der Waals surface area (Å²) in [5.41, 5.74) is 5.98. The van der Waals surface area contributed by atoms with Crippen LogP contribution in [0, 0.1) is 11.3 Å². The molecule has 0 aromatic heterocycles. The molecule has 2 N–H and O–H groups in total. The smallest absolute Gasteiger partial charge is 0.307 e. The van der Waals surface area contributed by atoms with E-state index in [1.807, 2.05) is 0 Å². The van der Waals surface area contributed by atoms with Crippen molar-refractivity contribution in [3.63, 3.8) is 0 Å². The molecule has 0 spiro atoms. The average molecular weight is 255 g/mol. The second-order valence-corrected chi connectivity index (χ2v) is 6.66. The van der Waals surface area contributed by atoms with E-state index >= 15 is 0 Å². The molecule has 0 amide bonds. The predicted octanol–water partition coefficient (Wildman–Crippen LogP) is 3.26. The number of ether oxygens (including phenoxy) is 1. The number of hydrogen-bond donors (Lipinski definition) is 1. The summed E-state index contributed by atoms with van der Waals surface area (Å²) in [5, 5.41) is 0. The first-order valence-electron chi connectivity index (χ1n) is 7.29. The SMILES string of the molecule is CCC1CCCCC1OC(=O)CC(N)C(C)(C)C. The Balaban J connectivity index is 2.43. The van der Waals surface area contributed by atoms with Crippen LogP contribution in [0.4, 0.5) is 0 Å². The molecule has 18 heavy (non-hydrogen) atoms. The van der Waals surface area contributed by atoms with Gasteiger partial charge in [0, 0.05) is 6.04 Å². The Labute approximate surface area is 111 Å². The van der Waals surface area contributed by atoms with Crippen LogP contribution < -0.4 is 5.73 Å². The van der Waals surface area contributed by atoms with E-state index in [0.717, 1.165) is 12.8 Å². The Hall–Kier alpha value is -0.570. The normalized spacial score (nSPS) is 26.7. The molecule has 0 radical (unpaired) electrons. The summed E-state index contributed by atoms with van der Waals surface area (Å²) in [7, 11) is 0. The van der Waals surface area contributed by atoms with Gasteiger partial charge in [-0.3, -0.25) is 4.79 Å². The molecule has 0 heterocycles. The highest BCUT2D eigenvalue weighted by molar-refractivity contribution is 5.70. The lowest BCUT2D eigenvalue weighted by Gasteiger charge is -2.32. The monoisotopic (exact) mass is 255 g/mol. The van der Waals surface area contributed by atoms with E-state index < -0.39 is 0 Å². The van der Waals surface area contributed by atoms with Crippen molar-refractivity contribution in [1.82, 2.24) is 0 Å². The summed E-state index contributed by atoms with van der Waals surface area (Å²) < 4.78 is 5.64. The minimum Gasteiger partial charge on any atom is -0.462 e. The van der Waals surface area contributed by atoms with Gasteiger partial charge in [0.15, 0.2) is 0 Å². The van der Waals surface area contributed by atoms with Gasteiger partial charge in [0.2, 0.25) is 0 Å². The van der Waals surface area contributed by atoms with E-state index in [2.05, 4.69) is 27.7 Å². The van der Waals surface area contributed by atoms with Crippen LogP contribution in [-0.4, -0.2) is 18.1 Å². The van der Waals surface area contributed by atoms with Crippen LogP contribution in [0.2, 0.25) is 0 Å². The lowest BCUT2D eigenvalue weighted by atomic mass is 9.84. The number of carbonyl (C=O) groups is 1. The van der Waals surface area contributed by atoms with E-state index in [9.17, 15) is 4.79 Å². The third kappa shape index (κ3) is 4.60. The van der Waals surface area contributed by atoms with Crippen LogP contribution in [0.3, 0.4) is 0 Å². The van der Waals surface area contributed by atoms with Gasteiger partial charge in [-0.1, -0.05) is 34.1 Å². The van der Waals surface area contributed by atoms with Crippen LogP contribution in [0.5, 0.6) is 0 Å². The molecule has 1 fully saturated rings. The average Bonchev–Trinajstić information content (AvgIpc) is 2.28. The van der Waals surface area contributed by atoms with Gasteiger partial charge in [-0.25, -0.2) is 0 Å². The molecule has 3 atom stereocenters. The standard InChI is InChI=1S/C15H29NO2/c1-5-11-8-6-7-9-12(11)18-14(17)10-13(16)15(2,3)4/h11-13H,5-10,16H2,1-4H3. The lowest BCUT2D eigenvalue weighted by molar-refractivity contribution is -0.154. The second-order valence-electron chi connectivity index (χ2n) is 6.66. The highest BCUT2D eigenvalue weighted by Gasteiger charge is 2.29. The zero-order chi connectivity index (χ0) is 13.8. The molecule has 0 aliphatic heterocycles. The van der Waals surface area contributed by atoms with Crippen LogP contribution >= 0.6 is 0 Å². The third-order valence-electron chi connectivity index (χ3n) is 4.15. The highest BCUT2D eigenvalue weighted by Crippen LogP contribution is 2.30. The summed E-state index contributed by atoms with van der Waals surface area (Å²) in [4.78, 5) is 11.9. The first kappa shape index (κ1) is 15.5. The fourth-order valence-electron chi connectivity index (χ4n) is 2.50. The van der Waals surface area contributed by atoms with Crippen molar-refractivity contribution in [3.05, 3.63) is 0 Å². The van der Waals surface area contributed by atoms with Crippen molar-refractivity contribution in [2.24, 2.45) is 17.1 Å². The number of nitrogens with two attached hydrogens (primary N) is 1. The van der Waals surface area contributed by atoms with Gasteiger partial charge in [-0.2, -0.15) is 0 Å². The lowest BCUT2D eigenvalue weighted by Crippen LogP contribution is -2.39. The van der Waals surface area contributed by atoms with Crippen molar-refractivity contribution in [2.75, 3.05) is 0 Å². The van der Waals surface area contributed by atoms with Crippen molar-refractivity contribution in [2.45, 2.75) is 78.4 Å². The van der Waals surface area contributed by atoms with Crippen LogP contribution in [0.1, 0.15) is 66.2 Å². The Morgan fingerprint density at radius 2 is 1.94 bits per heavy atom. The van der Waals surface area contributed by atoms with Gasteiger partial charge >= 0.3 is 5.97 Å². The summed E-state index contributed by atoms with van der Waals surface area (Å²) in [6.07, 6.45) is 6.23. The van der Waals surface area contributed by atoms with E-state index in [1.54, 1.807) is 0 Å². The molecule has 0 aromatic rings. The molecule has 0 bridgehead atoms. The third-order valence-corrected chi connectivity index (χ3v) is 4.15. The van der Waals surface area contributed by atoms with Gasteiger partial charge in [0.05, 0.1) is 6.42 Å². The van der Waals surface area contributed by atoms with E-state index in [4.69, 9.17) is 10.5 Å². The first-order chi connectivity index (χ1) is 8.34. The van der Waals surface area contributed by atoms with Gasteiger partial charge in [0.25, 0.3) is 0 Å². The minimum atomic E-state index is -0.131. The summed E-state index contributed by atoms with van der Waals surface area (Å²) in [6, 6.07) is -0.131. The number of carbonyl (C=O) groups excluding carboxylic acids is 1. The minimum absolute atomic E-state index is 0.0459. The molecule has 3 nitrogen and oxygen atoms in total. The number of rotatable bonds is 4. The van der Waals surface area contributed by atoms with Gasteiger partial charge in [-0.05, 0) is 37.0 Å². The molecule has 0 saturated heterocycles. The molecule has 3 unspecified atom stereocenters. The number of esters is 1. The predicted molar refractivity (Wildman–Crippen MR) is 74.2 cm³/mol. The Kier molecular flexibility index (Phi) is 5.64. The molecular formula is C15H29NO2. The van der Waals surface area contributed by atoms with Crippen molar-refractivity contribution in [3.8, 4) is 0 Å². The van der Waals surface area contributed by atoms with Gasteiger partial charge in [-0.15, -0.1) is 0 Å². The van der Waals surface area contributed by atoms with Crippen molar-refractivity contribution in [1.29, 1.82) is 0 Å². The van der Waals surface area contributed by atoms with Crippen molar-refractivity contribution < 1.29 is 9.53 Å². The van der Waals surface area contributed by atoms with E-state index in [1.165, 1.54) is 19.3 Å². The Morgan fingerprint density at radius 3 is 2.50 bits per heavy atom. The molecule has 106 valence electrons. The van der Waals surface area contributed by atoms with Crippen LogP contribution in [-0.2, 0) is 9.53 Å². The topological polar surface area (TPSA) is 52.3 Å². The molecule has 1 aliphatic rings. The van der Waals surface area contributed by atoms with Gasteiger partial charge in [0.1, 0.15) is 6.10 Å². The summed E-state index contributed by atoms with van der Waals surface area (Å²) in [6.45, 7) is 8.35. The largest absolute Gasteiger partial charge is 0.462 e. The number of hydrogen-bond acceptors (Lipinski definition) is 3. The fraction of sp³-hybridized carbons (Fsp3) is 0.933. The molecule has 1 saturated carbocycles. The van der Waals surface area contributed by atoms with Crippen molar-refractivity contribution >= 4 is 5.97 Å². The molecule has 1 rings (SSSR count). The maximum absolute atomic E-state index is 11.9. The maximum Gasteiger partial charge on any atom is 0.307 e.